The van der Waals surface area contributed by atoms with Crippen molar-refractivity contribution in [1.82, 2.24) is 24.7 Å². The second kappa shape index (κ2) is 8.19. The molecule has 1 aliphatic heterocycles. The smallest absolute Gasteiger partial charge is 0.228 e. The summed E-state index contributed by atoms with van der Waals surface area (Å²) in [4.78, 5) is 15.9. The molecule has 4 heterocycles. The summed E-state index contributed by atoms with van der Waals surface area (Å²) < 4.78 is 12.6. The Balaban J connectivity index is 1.56. The summed E-state index contributed by atoms with van der Waals surface area (Å²) in [5.74, 6) is 1.91. The Kier molecular flexibility index (Phi) is 5.09. The highest BCUT2D eigenvalue weighted by atomic mass is 16.5. The highest BCUT2D eigenvalue weighted by Gasteiger charge is 2.17. The van der Waals surface area contributed by atoms with Gasteiger partial charge in [-0.05, 0) is 18.2 Å². The Hall–Kier alpha value is -3.72. The molecule has 31 heavy (non-hydrogen) atoms. The maximum Gasteiger partial charge on any atom is 0.228 e. The third-order valence-corrected chi connectivity index (χ3v) is 5.27. The molecule has 5 rings (SSSR count). The van der Waals surface area contributed by atoms with Crippen molar-refractivity contribution in [3.8, 4) is 17.1 Å². The minimum absolute atomic E-state index is 0.537. The molecular formula is C22H23N7O2. The van der Waals surface area contributed by atoms with Crippen molar-refractivity contribution < 1.29 is 9.47 Å². The molecule has 1 N–H and O–H groups in total. The zero-order valence-corrected chi connectivity index (χ0v) is 17.4. The van der Waals surface area contributed by atoms with Gasteiger partial charge in [0, 0.05) is 55.1 Å². The summed E-state index contributed by atoms with van der Waals surface area (Å²) in [5.41, 5.74) is 3.76. The molecule has 1 aromatic carbocycles. The van der Waals surface area contributed by atoms with Crippen LogP contribution in [0, 0.1) is 0 Å². The molecule has 0 radical (unpaired) electrons. The Labute approximate surface area is 179 Å². The first kappa shape index (κ1) is 19.3. The van der Waals surface area contributed by atoms with Crippen LogP contribution in [0.5, 0.6) is 5.88 Å². The van der Waals surface area contributed by atoms with Crippen LogP contribution in [-0.4, -0.2) is 58.1 Å². The van der Waals surface area contributed by atoms with Gasteiger partial charge in [0.05, 0.1) is 37.7 Å². The van der Waals surface area contributed by atoms with Gasteiger partial charge in [-0.1, -0.05) is 6.07 Å². The van der Waals surface area contributed by atoms with Gasteiger partial charge in [-0.25, -0.2) is 9.97 Å². The molecule has 3 aromatic heterocycles. The monoisotopic (exact) mass is 417 g/mol. The van der Waals surface area contributed by atoms with Gasteiger partial charge in [-0.2, -0.15) is 10.1 Å². The number of ether oxygens (including phenoxy) is 2. The van der Waals surface area contributed by atoms with E-state index in [0.29, 0.717) is 30.9 Å². The average molecular weight is 417 g/mol. The second-order valence-corrected chi connectivity index (χ2v) is 7.29. The van der Waals surface area contributed by atoms with Crippen LogP contribution in [0.2, 0.25) is 0 Å². The Morgan fingerprint density at radius 1 is 1.06 bits per heavy atom. The number of rotatable bonds is 5. The van der Waals surface area contributed by atoms with Crippen LogP contribution in [0.25, 0.3) is 22.2 Å². The maximum atomic E-state index is 5.50. The van der Waals surface area contributed by atoms with E-state index < -0.39 is 0 Å². The lowest BCUT2D eigenvalue weighted by Crippen LogP contribution is -2.37. The van der Waals surface area contributed by atoms with Crippen molar-refractivity contribution in [2.24, 2.45) is 7.05 Å². The largest absolute Gasteiger partial charge is 0.481 e. The van der Waals surface area contributed by atoms with Crippen molar-refractivity contribution in [3.63, 3.8) is 0 Å². The van der Waals surface area contributed by atoms with Crippen LogP contribution in [0.15, 0.2) is 48.8 Å². The predicted octanol–water partition coefficient (Wildman–Crippen LogP) is 3.01. The lowest BCUT2D eigenvalue weighted by Gasteiger charge is -2.27. The van der Waals surface area contributed by atoms with Gasteiger partial charge in [-0.3, -0.25) is 4.68 Å². The van der Waals surface area contributed by atoms with E-state index in [1.807, 2.05) is 36.1 Å². The number of benzene rings is 1. The van der Waals surface area contributed by atoms with E-state index in [9.17, 15) is 0 Å². The molecule has 1 aliphatic rings. The SMILES string of the molecule is COc1cc(Nc2cc(-c3ccc4c(cnn4C)c3)nc(N3CCOCC3)n2)ccn1. The number of anilines is 3. The van der Waals surface area contributed by atoms with E-state index in [1.165, 1.54) is 0 Å². The highest BCUT2D eigenvalue weighted by molar-refractivity contribution is 5.84. The number of morpholine rings is 1. The number of aromatic nitrogens is 5. The highest BCUT2D eigenvalue weighted by Crippen LogP contribution is 2.28. The Morgan fingerprint density at radius 2 is 1.94 bits per heavy atom. The van der Waals surface area contributed by atoms with E-state index in [2.05, 4.69) is 38.5 Å². The summed E-state index contributed by atoms with van der Waals surface area (Å²) in [6.45, 7) is 2.85. The van der Waals surface area contributed by atoms with Crippen LogP contribution in [-0.2, 0) is 11.8 Å². The Morgan fingerprint density at radius 3 is 2.77 bits per heavy atom. The van der Waals surface area contributed by atoms with Gasteiger partial charge in [0.15, 0.2) is 0 Å². The topological polar surface area (TPSA) is 90.2 Å². The van der Waals surface area contributed by atoms with Gasteiger partial charge >= 0.3 is 0 Å². The van der Waals surface area contributed by atoms with E-state index in [-0.39, 0.29) is 0 Å². The third kappa shape index (κ3) is 3.99. The Bertz CT molecular complexity index is 1220. The molecule has 1 saturated heterocycles. The van der Waals surface area contributed by atoms with Crippen molar-refractivity contribution in [1.29, 1.82) is 0 Å². The van der Waals surface area contributed by atoms with Crippen LogP contribution in [0.3, 0.4) is 0 Å². The quantitative estimate of drug-likeness (QED) is 0.530. The van der Waals surface area contributed by atoms with Crippen molar-refractivity contribution in [2.45, 2.75) is 0 Å². The lowest BCUT2D eigenvalue weighted by molar-refractivity contribution is 0.122. The van der Waals surface area contributed by atoms with Crippen LogP contribution < -0.4 is 15.0 Å². The maximum absolute atomic E-state index is 5.50. The fourth-order valence-corrected chi connectivity index (χ4v) is 3.62. The number of hydrogen-bond donors (Lipinski definition) is 1. The summed E-state index contributed by atoms with van der Waals surface area (Å²) in [5, 5.41) is 8.78. The molecule has 0 bridgehead atoms. The molecule has 0 atom stereocenters. The fraction of sp³-hybridized carbons (Fsp3) is 0.273. The van der Waals surface area contributed by atoms with E-state index in [4.69, 9.17) is 19.4 Å². The van der Waals surface area contributed by atoms with Crippen molar-refractivity contribution in [3.05, 3.63) is 48.8 Å². The van der Waals surface area contributed by atoms with Crippen molar-refractivity contribution in [2.75, 3.05) is 43.6 Å². The minimum atomic E-state index is 0.537. The molecule has 0 saturated carbocycles. The number of fused-ring (bicyclic) bond motifs is 1. The molecule has 0 aliphatic carbocycles. The molecule has 158 valence electrons. The molecule has 0 amide bonds. The van der Waals surface area contributed by atoms with Gasteiger partial charge < -0.3 is 19.7 Å². The molecular weight excluding hydrogens is 394 g/mol. The summed E-state index contributed by atoms with van der Waals surface area (Å²) in [6.07, 6.45) is 3.56. The normalized spacial score (nSPS) is 14.1. The number of nitrogens with one attached hydrogen (secondary N) is 1. The van der Waals surface area contributed by atoms with Crippen LogP contribution >= 0.6 is 0 Å². The lowest BCUT2D eigenvalue weighted by atomic mass is 10.1. The summed E-state index contributed by atoms with van der Waals surface area (Å²) >= 11 is 0. The zero-order valence-electron chi connectivity index (χ0n) is 17.4. The standard InChI is InChI=1S/C22H23N7O2/c1-28-19-4-3-15(11-16(19)14-24-28)18-13-20(25-17-5-6-23-21(12-17)30-2)27-22(26-18)29-7-9-31-10-8-29/h3-6,11-14H,7-10H2,1-2H3,(H,23,25,26,27). The predicted molar refractivity (Wildman–Crippen MR) is 119 cm³/mol. The van der Waals surface area contributed by atoms with Crippen LogP contribution in [0.4, 0.5) is 17.5 Å². The number of nitrogens with zero attached hydrogens (tertiary/aromatic N) is 6. The number of aryl methyl sites for hydroxylation is 1. The third-order valence-electron chi connectivity index (χ3n) is 5.27. The first-order valence-electron chi connectivity index (χ1n) is 10.1. The van der Waals surface area contributed by atoms with Gasteiger partial charge in [0.25, 0.3) is 0 Å². The summed E-state index contributed by atoms with van der Waals surface area (Å²) in [6, 6.07) is 11.9. The van der Waals surface area contributed by atoms with Gasteiger partial charge in [0.2, 0.25) is 11.8 Å². The van der Waals surface area contributed by atoms with Crippen molar-refractivity contribution >= 4 is 28.4 Å². The number of pyridine rings is 1. The van der Waals surface area contributed by atoms with E-state index in [1.54, 1.807) is 13.3 Å². The van der Waals surface area contributed by atoms with Gasteiger partial charge in [0.1, 0.15) is 5.82 Å². The average Bonchev–Trinajstić information content (AvgIpc) is 3.19. The fourth-order valence-electron chi connectivity index (χ4n) is 3.62. The second-order valence-electron chi connectivity index (χ2n) is 7.29. The first-order valence-corrected chi connectivity index (χ1v) is 10.1. The molecule has 9 heteroatoms. The molecule has 1 fully saturated rings. The number of methoxy groups -OCH3 is 1. The van der Waals surface area contributed by atoms with E-state index in [0.717, 1.165) is 40.9 Å². The molecule has 0 spiro atoms. The molecule has 9 nitrogen and oxygen atoms in total. The summed E-state index contributed by atoms with van der Waals surface area (Å²) in [7, 11) is 3.54. The minimum Gasteiger partial charge on any atom is -0.481 e. The molecule has 0 unspecified atom stereocenters. The number of hydrogen-bond acceptors (Lipinski definition) is 8. The van der Waals surface area contributed by atoms with Gasteiger partial charge in [-0.15, -0.1) is 0 Å². The van der Waals surface area contributed by atoms with Crippen LogP contribution in [0.1, 0.15) is 0 Å². The molecule has 4 aromatic rings. The van der Waals surface area contributed by atoms with E-state index >= 15 is 0 Å². The zero-order chi connectivity index (χ0) is 21.2. The first-order chi connectivity index (χ1) is 15.2.